The van der Waals surface area contributed by atoms with Crippen molar-refractivity contribution in [3.05, 3.63) is 31.3 Å². The van der Waals surface area contributed by atoms with Gasteiger partial charge in [0.1, 0.15) is 4.83 Å². The van der Waals surface area contributed by atoms with Gasteiger partial charge >= 0.3 is 11.9 Å². The molecule has 0 amide bonds. The van der Waals surface area contributed by atoms with Crippen LogP contribution in [0.4, 0.5) is 13.2 Å². The maximum Gasteiger partial charge on any atom is 0.390 e. The lowest BCUT2D eigenvalue weighted by atomic mass is 9.97. The SMILES string of the molecule is Cc1c(CNCCN)sc2c1c(=O)n(CC(C)(C)C)c(=O)n2CCC(F)(F)F. The van der Waals surface area contributed by atoms with Crippen LogP contribution >= 0.6 is 11.3 Å². The molecule has 2 heterocycles. The molecule has 0 aromatic carbocycles. The number of halogens is 3. The predicted octanol–water partition coefficient (Wildman–Crippen LogP) is 2.58. The summed E-state index contributed by atoms with van der Waals surface area (Å²) in [4.78, 5) is 27.1. The van der Waals surface area contributed by atoms with Crippen molar-refractivity contribution in [3.63, 3.8) is 0 Å². The third-order valence-electron chi connectivity index (χ3n) is 4.25. The number of aryl methyl sites for hydroxylation is 2. The van der Waals surface area contributed by atoms with Gasteiger partial charge in [-0.25, -0.2) is 4.79 Å². The van der Waals surface area contributed by atoms with E-state index < -0.39 is 30.4 Å². The summed E-state index contributed by atoms with van der Waals surface area (Å²) < 4.78 is 40.6. The fraction of sp³-hybridized carbons (Fsp3) is 0.667. The van der Waals surface area contributed by atoms with Crippen molar-refractivity contribution in [1.29, 1.82) is 0 Å². The zero-order chi connectivity index (χ0) is 21.3. The van der Waals surface area contributed by atoms with E-state index >= 15 is 0 Å². The average Bonchev–Trinajstić information content (AvgIpc) is 2.86. The lowest BCUT2D eigenvalue weighted by molar-refractivity contribution is -0.136. The smallest absolute Gasteiger partial charge is 0.329 e. The first-order valence-electron chi connectivity index (χ1n) is 9.09. The van der Waals surface area contributed by atoms with E-state index in [1.807, 2.05) is 20.8 Å². The fourth-order valence-electron chi connectivity index (χ4n) is 2.96. The van der Waals surface area contributed by atoms with E-state index in [9.17, 15) is 22.8 Å². The molecule has 10 heteroatoms. The highest BCUT2D eigenvalue weighted by Gasteiger charge is 2.29. The van der Waals surface area contributed by atoms with E-state index in [4.69, 9.17) is 5.73 Å². The molecule has 158 valence electrons. The van der Waals surface area contributed by atoms with Crippen LogP contribution in [0.1, 0.15) is 37.6 Å². The zero-order valence-corrected chi connectivity index (χ0v) is 17.4. The molecule has 0 aliphatic rings. The first kappa shape index (κ1) is 22.6. The Morgan fingerprint density at radius 2 is 1.79 bits per heavy atom. The van der Waals surface area contributed by atoms with Crippen LogP contribution in [0.3, 0.4) is 0 Å². The normalized spacial score (nSPS) is 12.9. The highest BCUT2D eigenvalue weighted by Crippen LogP contribution is 2.29. The summed E-state index contributed by atoms with van der Waals surface area (Å²) in [5, 5.41) is 3.44. The van der Waals surface area contributed by atoms with Gasteiger partial charge in [-0.2, -0.15) is 13.2 Å². The summed E-state index contributed by atoms with van der Waals surface area (Å²) in [7, 11) is 0. The predicted molar refractivity (Wildman–Crippen MR) is 106 cm³/mol. The minimum atomic E-state index is -4.39. The molecule has 28 heavy (non-hydrogen) atoms. The van der Waals surface area contributed by atoms with E-state index in [2.05, 4.69) is 5.32 Å². The summed E-state index contributed by atoms with van der Waals surface area (Å²) in [6.45, 7) is 8.43. The number of fused-ring (bicyclic) bond motifs is 1. The van der Waals surface area contributed by atoms with Gasteiger partial charge in [-0.15, -0.1) is 11.3 Å². The van der Waals surface area contributed by atoms with E-state index in [0.717, 1.165) is 14.0 Å². The van der Waals surface area contributed by atoms with Gasteiger partial charge in [0.15, 0.2) is 0 Å². The molecular weight excluding hydrogens is 393 g/mol. The Balaban J connectivity index is 2.69. The van der Waals surface area contributed by atoms with Crippen molar-refractivity contribution < 1.29 is 13.2 Å². The topological polar surface area (TPSA) is 82.1 Å². The maximum absolute atomic E-state index is 13.0. The summed E-state index contributed by atoms with van der Waals surface area (Å²) in [6.07, 6.45) is -5.53. The Morgan fingerprint density at radius 3 is 2.32 bits per heavy atom. The standard InChI is InChI=1S/C18H27F3N4O2S/c1-11-12(9-23-7-6-22)28-15-13(11)14(26)25(10-17(2,3)4)16(27)24(15)8-5-18(19,20)21/h23H,5-10,22H2,1-4H3. The van der Waals surface area contributed by atoms with Gasteiger partial charge in [-0.05, 0) is 17.9 Å². The molecule has 2 rings (SSSR count). The molecular formula is C18H27F3N4O2S. The summed E-state index contributed by atoms with van der Waals surface area (Å²) in [5.74, 6) is 0. The molecule has 0 aliphatic carbocycles. The van der Waals surface area contributed by atoms with Gasteiger partial charge in [0.2, 0.25) is 0 Å². The van der Waals surface area contributed by atoms with Crippen molar-refractivity contribution in [1.82, 2.24) is 14.5 Å². The monoisotopic (exact) mass is 420 g/mol. The van der Waals surface area contributed by atoms with Crippen molar-refractivity contribution in [2.75, 3.05) is 13.1 Å². The Hall–Kier alpha value is -1.65. The first-order chi connectivity index (χ1) is 12.9. The molecule has 0 bridgehead atoms. The van der Waals surface area contributed by atoms with Gasteiger partial charge in [-0.1, -0.05) is 20.8 Å². The molecule has 2 aromatic rings. The molecule has 2 aromatic heterocycles. The second-order valence-electron chi connectivity index (χ2n) is 8.05. The highest BCUT2D eigenvalue weighted by molar-refractivity contribution is 7.18. The number of hydrogen-bond donors (Lipinski definition) is 2. The van der Waals surface area contributed by atoms with Crippen molar-refractivity contribution in [2.45, 2.75) is 59.9 Å². The second kappa shape index (κ2) is 8.38. The minimum absolute atomic E-state index is 0.128. The minimum Gasteiger partial charge on any atom is -0.329 e. The van der Waals surface area contributed by atoms with Gasteiger partial charge in [0, 0.05) is 37.6 Å². The van der Waals surface area contributed by atoms with Crippen LogP contribution in [-0.2, 0) is 19.6 Å². The van der Waals surface area contributed by atoms with Gasteiger partial charge in [0.25, 0.3) is 5.56 Å². The van der Waals surface area contributed by atoms with Crippen LogP contribution < -0.4 is 22.3 Å². The third kappa shape index (κ3) is 5.24. The second-order valence-corrected chi connectivity index (χ2v) is 9.13. The average molecular weight is 421 g/mol. The van der Waals surface area contributed by atoms with Crippen LogP contribution in [0.25, 0.3) is 10.2 Å². The number of rotatable bonds is 7. The molecule has 0 saturated heterocycles. The van der Waals surface area contributed by atoms with E-state index in [-0.39, 0.29) is 12.0 Å². The Kier molecular flexibility index (Phi) is 6.78. The molecule has 0 atom stereocenters. The summed E-state index contributed by atoms with van der Waals surface area (Å²) in [5.41, 5.74) is 4.64. The van der Waals surface area contributed by atoms with Crippen molar-refractivity contribution >= 4 is 21.6 Å². The Labute approximate surface area is 165 Å². The van der Waals surface area contributed by atoms with Crippen molar-refractivity contribution in [3.8, 4) is 0 Å². The molecule has 3 N–H and O–H groups in total. The maximum atomic E-state index is 13.0. The number of alkyl halides is 3. The number of nitrogens with two attached hydrogens (primary N) is 1. The number of nitrogens with one attached hydrogen (secondary N) is 1. The quantitative estimate of drug-likeness (QED) is 0.675. The summed E-state index contributed by atoms with van der Waals surface area (Å²) >= 11 is 1.19. The lowest BCUT2D eigenvalue weighted by Crippen LogP contribution is -2.42. The summed E-state index contributed by atoms with van der Waals surface area (Å²) in [6, 6.07) is 0. The van der Waals surface area contributed by atoms with E-state index in [0.29, 0.717) is 35.4 Å². The fourth-order valence-corrected chi connectivity index (χ4v) is 4.25. The number of thiophene rings is 1. The van der Waals surface area contributed by atoms with Crippen LogP contribution in [0.2, 0.25) is 0 Å². The molecule has 0 aliphatic heterocycles. The molecule has 6 nitrogen and oxygen atoms in total. The van der Waals surface area contributed by atoms with Gasteiger partial charge in [0.05, 0.1) is 11.8 Å². The van der Waals surface area contributed by atoms with Gasteiger partial charge in [-0.3, -0.25) is 13.9 Å². The lowest BCUT2D eigenvalue weighted by Gasteiger charge is -2.20. The Bertz CT molecular complexity index is 951. The van der Waals surface area contributed by atoms with E-state index in [1.54, 1.807) is 6.92 Å². The van der Waals surface area contributed by atoms with Crippen LogP contribution in [0.5, 0.6) is 0 Å². The van der Waals surface area contributed by atoms with Crippen molar-refractivity contribution in [2.24, 2.45) is 11.1 Å². The molecule has 0 unspecified atom stereocenters. The number of hydrogen-bond acceptors (Lipinski definition) is 5. The van der Waals surface area contributed by atoms with Gasteiger partial charge < -0.3 is 11.1 Å². The highest BCUT2D eigenvalue weighted by atomic mass is 32.1. The largest absolute Gasteiger partial charge is 0.390 e. The molecule has 0 spiro atoms. The number of nitrogens with zero attached hydrogens (tertiary/aromatic N) is 2. The van der Waals surface area contributed by atoms with Crippen LogP contribution in [0.15, 0.2) is 9.59 Å². The number of aromatic nitrogens is 2. The third-order valence-corrected chi connectivity index (χ3v) is 5.57. The first-order valence-corrected chi connectivity index (χ1v) is 9.90. The Morgan fingerprint density at radius 1 is 1.14 bits per heavy atom. The molecule has 0 radical (unpaired) electrons. The molecule has 0 saturated carbocycles. The van der Waals surface area contributed by atoms with Crippen LogP contribution in [-0.4, -0.2) is 28.4 Å². The van der Waals surface area contributed by atoms with E-state index in [1.165, 1.54) is 11.3 Å². The van der Waals surface area contributed by atoms with Crippen LogP contribution in [0, 0.1) is 12.3 Å². The molecule has 0 fully saturated rings. The zero-order valence-electron chi connectivity index (χ0n) is 16.6.